The summed E-state index contributed by atoms with van der Waals surface area (Å²) in [4.78, 5) is 14.5. The average Bonchev–Trinajstić information content (AvgIpc) is 2.60. The Morgan fingerprint density at radius 2 is 1.14 bits per heavy atom. The Labute approximate surface area is 180 Å². The van der Waals surface area contributed by atoms with E-state index in [4.69, 9.17) is 0 Å². The predicted molar refractivity (Wildman–Crippen MR) is 138 cm³/mol. The van der Waals surface area contributed by atoms with Gasteiger partial charge >= 0.3 is 0 Å². The van der Waals surface area contributed by atoms with Gasteiger partial charge < -0.3 is 4.79 Å². The Bertz CT molecular complexity index is 850. The van der Waals surface area contributed by atoms with Crippen LogP contribution in [0.25, 0.3) is 11.3 Å². The molecular weight excluding hydrogens is 401 g/mol. The SMILES string of the molecule is CC(C)(C)C(=O)[Si](C(=Cc1ccccc1)c1ccccc1)([Si](C)(C)C)[Si](C)(C)C. The van der Waals surface area contributed by atoms with E-state index >= 15 is 0 Å². The fourth-order valence-electron chi connectivity index (χ4n) is 5.04. The van der Waals surface area contributed by atoms with Gasteiger partial charge in [0.05, 0.1) is 15.2 Å². The highest BCUT2D eigenvalue weighted by Crippen LogP contribution is 2.45. The predicted octanol–water partition coefficient (Wildman–Crippen LogP) is 7.20. The van der Waals surface area contributed by atoms with Gasteiger partial charge in [-0.1, -0.05) is 127 Å². The van der Waals surface area contributed by atoms with Gasteiger partial charge in [-0.15, -0.1) is 0 Å². The third-order valence-corrected chi connectivity index (χ3v) is 43.0. The smallest absolute Gasteiger partial charge is 0.148 e. The van der Waals surface area contributed by atoms with Crippen molar-refractivity contribution in [2.75, 3.05) is 0 Å². The number of hydrogen-bond donors (Lipinski definition) is 0. The van der Waals surface area contributed by atoms with E-state index in [9.17, 15) is 4.79 Å². The zero-order valence-corrected chi connectivity index (χ0v) is 22.8. The molecule has 0 aromatic heterocycles. The maximum atomic E-state index is 14.5. The molecule has 0 aliphatic heterocycles. The van der Waals surface area contributed by atoms with Crippen LogP contribution in [0.5, 0.6) is 0 Å². The molecule has 0 saturated carbocycles. The Hall–Kier alpha value is -1.50. The van der Waals surface area contributed by atoms with Gasteiger partial charge in [0.15, 0.2) is 0 Å². The molecule has 0 atom stereocenters. The molecule has 4 heteroatoms. The van der Waals surface area contributed by atoms with Gasteiger partial charge in [-0.2, -0.15) is 0 Å². The van der Waals surface area contributed by atoms with Crippen molar-refractivity contribution in [3.05, 3.63) is 71.8 Å². The maximum Gasteiger partial charge on any atom is 0.148 e. The highest BCUT2D eigenvalue weighted by molar-refractivity contribution is 7.82. The van der Waals surface area contributed by atoms with Crippen molar-refractivity contribution in [2.24, 2.45) is 5.41 Å². The van der Waals surface area contributed by atoms with Crippen LogP contribution >= 0.6 is 0 Å². The van der Waals surface area contributed by atoms with Crippen LogP contribution in [0.4, 0.5) is 0 Å². The quantitative estimate of drug-likeness (QED) is 0.344. The molecule has 0 radical (unpaired) electrons. The van der Waals surface area contributed by atoms with E-state index in [-0.39, 0.29) is 5.41 Å². The van der Waals surface area contributed by atoms with Crippen molar-refractivity contribution in [1.82, 2.24) is 0 Å². The lowest BCUT2D eigenvalue weighted by Gasteiger charge is -2.52. The van der Waals surface area contributed by atoms with Gasteiger partial charge in [0.2, 0.25) is 0 Å². The molecule has 0 aliphatic carbocycles. The number of rotatable bonds is 6. The Balaban J connectivity index is 3.03. The number of carbonyl (C=O) groups excluding carboxylic acids is 1. The van der Waals surface area contributed by atoms with Crippen LogP contribution in [-0.2, 0) is 4.79 Å². The Morgan fingerprint density at radius 1 is 0.724 bits per heavy atom. The molecule has 0 heterocycles. The first kappa shape index (κ1) is 23.8. The zero-order chi connectivity index (χ0) is 22.1. The largest absolute Gasteiger partial charge is 0.305 e. The van der Waals surface area contributed by atoms with Crippen molar-refractivity contribution in [3.8, 4) is 0 Å². The molecule has 2 aromatic rings. The van der Waals surface area contributed by atoms with Gasteiger partial charge in [0, 0.05) is 5.41 Å². The van der Waals surface area contributed by atoms with E-state index < -0.39 is 22.3 Å². The molecule has 0 N–H and O–H groups in total. The lowest BCUT2D eigenvalue weighted by molar-refractivity contribution is -0.118. The molecule has 156 valence electrons. The molecule has 2 rings (SSSR count). The molecule has 0 saturated heterocycles. The minimum atomic E-state index is -2.49. The lowest BCUT2D eigenvalue weighted by Crippen LogP contribution is -2.78. The maximum absolute atomic E-state index is 14.5. The zero-order valence-electron chi connectivity index (χ0n) is 19.8. The first-order valence-corrected chi connectivity index (χ1v) is 21.6. The van der Waals surface area contributed by atoms with Crippen LogP contribution < -0.4 is 0 Å². The van der Waals surface area contributed by atoms with Crippen LogP contribution in [0.15, 0.2) is 60.7 Å². The van der Waals surface area contributed by atoms with E-state index in [0.29, 0.717) is 5.41 Å². The third kappa shape index (κ3) is 4.65. The van der Waals surface area contributed by atoms with Crippen molar-refractivity contribution < 1.29 is 4.79 Å². The summed E-state index contributed by atoms with van der Waals surface area (Å²) in [5.41, 5.74) is 2.10. The molecule has 0 amide bonds. The topological polar surface area (TPSA) is 17.1 Å². The summed E-state index contributed by atoms with van der Waals surface area (Å²) in [6.45, 7) is 21.1. The summed E-state index contributed by atoms with van der Waals surface area (Å²) < 4.78 is 0. The minimum Gasteiger partial charge on any atom is -0.305 e. The first-order chi connectivity index (χ1) is 13.2. The summed E-state index contributed by atoms with van der Waals surface area (Å²) in [7, 11) is -6.21. The fraction of sp³-hybridized carbons (Fsp3) is 0.400. The third-order valence-electron chi connectivity index (χ3n) is 5.87. The van der Waals surface area contributed by atoms with Crippen molar-refractivity contribution in [1.29, 1.82) is 0 Å². The van der Waals surface area contributed by atoms with Crippen LogP contribution in [0.3, 0.4) is 0 Å². The van der Waals surface area contributed by atoms with Crippen molar-refractivity contribution in [2.45, 2.75) is 60.1 Å². The number of benzene rings is 2. The Kier molecular flexibility index (Phi) is 6.82. The number of carbonyl (C=O) groups is 1. The van der Waals surface area contributed by atoms with E-state index in [0.717, 1.165) is 0 Å². The normalized spacial score (nSPS) is 14.0. The van der Waals surface area contributed by atoms with E-state index in [1.54, 1.807) is 0 Å². The fourth-order valence-corrected chi connectivity index (χ4v) is 52.1. The summed E-state index contributed by atoms with van der Waals surface area (Å²) >= 11 is 0. The minimum absolute atomic E-state index is 0.336. The second-order valence-corrected chi connectivity index (χ2v) is 37.7. The molecule has 0 spiro atoms. The van der Waals surface area contributed by atoms with Crippen molar-refractivity contribution in [3.63, 3.8) is 0 Å². The van der Waals surface area contributed by atoms with E-state index in [1.165, 1.54) is 16.3 Å². The molecule has 0 fully saturated rings. The van der Waals surface area contributed by atoms with Gasteiger partial charge in [-0.3, -0.25) is 0 Å². The average molecular weight is 439 g/mol. The molecule has 1 nitrogen and oxygen atoms in total. The van der Waals surface area contributed by atoms with Gasteiger partial charge in [-0.05, 0) is 16.3 Å². The van der Waals surface area contributed by atoms with Crippen LogP contribution in [0.1, 0.15) is 31.9 Å². The van der Waals surface area contributed by atoms with E-state index in [1.807, 2.05) is 0 Å². The highest BCUT2D eigenvalue weighted by Gasteiger charge is 2.64. The van der Waals surface area contributed by atoms with Crippen molar-refractivity contribution >= 4 is 39.0 Å². The summed E-state index contributed by atoms with van der Waals surface area (Å²) in [5.74, 6) is 0. The standard InChI is InChI=1S/C25H38OSi3/c1-25(2,3)24(26)29(27(4,5)6,28(7,8)9)23(22-18-14-11-15-19-22)20-21-16-12-10-13-17-21/h10-20H,1-9H3. The number of hydrogen-bond acceptors (Lipinski definition) is 1. The van der Waals surface area contributed by atoms with Crippen LogP contribution in [0, 0.1) is 5.41 Å². The summed E-state index contributed by atoms with van der Waals surface area (Å²) in [6, 6.07) is 21.3. The van der Waals surface area contributed by atoms with Crippen LogP contribution in [-0.4, -0.2) is 27.7 Å². The van der Waals surface area contributed by atoms with Gasteiger partial charge in [0.1, 0.15) is 12.5 Å². The first-order valence-electron chi connectivity index (χ1n) is 10.6. The molecular formula is C25H38OSi3. The van der Waals surface area contributed by atoms with Crippen LogP contribution in [0.2, 0.25) is 39.3 Å². The highest BCUT2D eigenvalue weighted by atomic mass is 29.6. The molecule has 0 aliphatic rings. The summed E-state index contributed by atoms with van der Waals surface area (Å²) in [5, 5.41) is 1.91. The second-order valence-electron chi connectivity index (χ2n) is 11.2. The summed E-state index contributed by atoms with van der Waals surface area (Å²) in [6.07, 6.45) is 2.36. The monoisotopic (exact) mass is 438 g/mol. The Morgan fingerprint density at radius 3 is 1.52 bits per heavy atom. The van der Waals surface area contributed by atoms with Gasteiger partial charge in [-0.25, -0.2) is 0 Å². The van der Waals surface area contributed by atoms with Gasteiger partial charge in [0.25, 0.3) is 0 Å². The van der Waals surface area contributed by atoms with E-state index in [2.05, 4.69) is 127 Å². The molecule has 0 unspecified atom stereocenters. The molecule has 29 heavy (non-hydrogen) atoms. The lowest BCUT2D eigenvalue weighted by atomic mass is 9.99. The second kappa shape index (κ2) is 8.32. The molecule has 2 aromatic carbocycles. The molecule has 0 bridgehead atoms.